The standard InChI is InChI=1S/C12H15BrN2O2/c1-3-5-9(2)14-8-10-6-4-7-11(12(10)13)15(16)17/h3-4,6-7,9,14H,1,5,8H2,2H3. The third-order valence-electron chi connectivity index (χ3n) is 2.42. The summed E-state index contributed by atoms with van der Waals surface area (Å²) >= 11 is 3.27. The summed E-state index contributed by atoms with van der Waals surface area (Å²) in [5.41, 5.74) is 0.982. The molecule has 0 saturated carbocycles. The molecule has 1 aromatic rings. The molecule has 92 valence electrons. The molecule has 0 aliphatic heterocycles. The Labute approximate surface area is 109 Å². The maximum absolute atomic E-state index is 10.8. The van der Waals surface area contributed by atoms with Crippen LogP contribution in [-0.4, -0.2) is 11.0 Å². The molecular weight excluding hydrogens is 284 g/mol. The molecule has 4 nitrogen and oxygen atoms in total. The molecule has 1 unspecified atom stereocenters. The molecule has 0 bridgehead atoms. The van der Waals surface area contributed by atoms with Gasteiger partial charge in [-0.05, 0) is 34.8 Å². The van der Waals surface area contributed by atoms with Crippen molar-refractivity contribution in [2.75, 3.05) is 0 Å². The fourth-order valence-electron chi connectivity index (χ4n) is 1.46. The fourth-order valence-corrected chi connectivity index (χ4v) is 2.01. The first-order chi connectivity index (χ1) is 8.06. The molecule has 0 radical (unpaired) electrons. The lowest BCUT2D eigenvalue weighted by Crippen LogP contribution is -2.24. The van der Waals surface area contributed by atoms with Crippen LogP contribution in [0.3, 0.4) is 0 Å². The zero-order valence-corrected chi connectivity index (χ0v) is 11.2. The van der Waals surface area contributed by atoms with Crippen LogP contribution < -0.4 is 5.32 Å². The molecule has 0 aliphatic rings. The SMILES string of the molecule is C=CCC(C)NCc1cccc([N+](=O)[O-])c1Br. The van der Waals surface area contributed by atoms with E-state index < -0.39 is 0 Å². The lowest BCUT2D eigenvalue weighted by Gasteiger charge is -2.12. The van der Waals surface area contributed by atoms with Gasteiger partial charge in [0.15, 0.2) is 0 Å². The quantitative estimate of drug-likeness (QED) is 0.497. The van der Waals surface area contributed by atoms with Crippen molar-refractivity contribution in [2.45, 2.75) is 25.9 Å². The Balaban J connectivity index is 2.75. The molecule has 17 heavy (non-hydrogen) atoms. The van der Waals surface area contributed by atoms with Crippen molar-refractivity contribution >= 4 is 21.6 Å². The van der Waals surface area contributed by atoms with Gasteiger partial charge in [-0.15, -0.1) is 6.58 Å². The molecule has 1 rings (SSSR count). The Morgan fingerprint density at radius 1 is 1.65 bits per heavy atom. The topological polar surface area (TPSA) is 55.2 Å². The van der Waals surface area contributed by atoms with Crippen LogP contribution in [-0.2, 0) is 6.54 Å². The van der Waals surface area contributed by atoms with Crippen LogP contribution >= 0.6 is 15.9 Å². The number of hydrogen-bond acceptors (Lipinski definition) is 3. The second kappa shape index (κ2) is 6.51. The summed E-state index contributed by atoms with van der Waals surface area (Å²) in [7, 11) is 0. The molecule has 1 N–H and O–H groups in total. The van der Waals surface area contributed by atoms with Gasteiger partial charge in [0.05, 0.1) is 9.40 Å². The van der Waals surface area contributed by atoms with Crippen LogP contribution in [0.1, 0.15) is 18.9 Å². The van der Waals surface area contributed by atoms with Crippen LogP contribution in [0.15, 0.2) is 35.3 Å². The van der Waals surface area contributed by atoms with Gasteiger partial charge >= 0.3 is 0 Å². The van der Waals surface area contributed by atoms with E-state index in [0.29, 0.717) is 17.1 Å². The zero-order valence-electron chi connectivity index (χ0n) is 9.65. The van der Waals surface area contributed by atoms with E-state index in [1.807, 2.05) is 19.1 Å². The maximum Gasteiger partial charge on any atom is 0.283 e. The van der Waals surface area contributed by atoms with E-state index in [0.717, 1.165) is 12.0 Å². The predicted molar refractivity (Wildman–Crippen MR) is 71.9 cm³/mol. The largest absolute Gasteiger partial charge is 0.310 e. The minimum atomic E-state index is -0.388. The molecule has 0 saturated heterocycles. The van der Waals surface area contributed by atoms with Crippen LogP contribution in [0.2, 0.25) is 0 Å². The summed E-state index contributed by atoms with van der Waals surface area (Å²) in [6, 6.07) is 5.35. The van der Waals surface area contributed by atoms with Crippen molar-refractivity contribution in [2.24, 2.45) is 0 Å². The highest BCUT2D eigenvalue weighted by atomic mass is 79.9. The second-order valence-corrected chi connectivity index (χ2v) is 4.61. The maximum atomic E-state index is 10.8. The molecule has 0 fully saturated rings. The third-order valence-corrected chi connectivity index (χ3v) is 3.33. The van der Waals surface area contributed by atoms with Gasteiger partial charge < -0.3 is 5.32 Å². The van der Waals surface area contributed by atoms with Crippen molar-refractivity contribution in [3.63, 3.8) is 0 Å². The molecule has 0 heterocycles. The Morgan fingerprint density at radius 3 is 2.94 bits per heavy atom. The van der Waals surface area contributed by atoms with E-state index >= 15 is 0 Å². The number of nitrogens with zero attached hydrogens (tertiary/aromatic N) is 1. The van der Waals surface area contributed by atoms with Crippen LogP contribution in [0.4, 0.5) is 5.69 Å². The summed E-state index contributed by atoms with van der Waals surface area (Å²) in [5, 5.41) is 14.0. The number of rotatable bonds is 6. The molecule has 0 amide bonds. The van der Waals surface area contributed by atoms with E-state index in [4.69, 9.17) is 0 Å². The van der Waals surface area contributed by atoms with Gasteiger partial charge in [0, 0.05) is 18.7 Å². The number of nitro benzene ring substituents is 1. The van der Waals surface area contributed by atoms with Gasteiger partial charge in [0.2, 0.25) is 0 Å². The first kappa shape index (κ1) is 13.9. The van der Waals surface area contributed by atoms with Crippen molar-refractivity contribution in [1.29, 1.82) is 0 Å². The van der Waals surface area contributed by atoms with Crippen molar-refractivity contribution in [1.82, 2.24) is 5.32 Å². The van der Waals surface area contributed by atoms with Gasteiger partial charge in [-0.1, -0.05) is 18.2 Å². The highest BCUT2D eigenvalue weighted by Crippen LogP contribution is 2.28. The summed E-state index contributed by atoms with van der Waals surface area (Å²) < 4.78 is 0.545. The van der Waals surface area contributed by atoms with E-state index in [1.165, 1.54) is 6.07 Å². The number of benzene rings is 1. The normalized spacial score (nSPS) is 12.1. The lowest BCUT2D eigenvalue weighted by atomic mass is 10.1. The van der Waals surface area contributed by atoms with Gasteiger partial charge in [-0.3, -0.25) is 10.1 Å². The van der Waals surface area contributed by atoms with Gasteiger partial charge in [0.1, 0.15) is 0 Å². The minimum absolute atomic E-state index is 0.0978. The summed E-state index contributed by atoms with van der Waals surface area (Å²) in [6.07, 6.45) is 2.71. The van der Waals surface area contributed by atoms with Crippen LogP contribution in [0.5, 0.6) is 0 Å². The summed E-state index contributed by atoms with van der Waals surface area (Å²) in [4.78, 5) is 10.4. The Hall–Kier alpha value is -1.20. The molecule has 0 aliphatic carbocycles. The van der Waals surface area contributed by atoms with Crippen LogP contribution in [0.25, 0.3) is 0 Å². The second-order valence-electron chi connectivity index (χ2n) is 3.81. The predicted octanol–water partition coefficient (Wildman–Crippen LogP) is 3.41. The van der Waals surface area contributed by atoms with E-state index in [2.05, 4.69) is 27.8 Å². The first-order valence-corrected chi connectivity index (χ1v) is 6.11. The highest BCUT2D eigenvalue weighted by Gasteiger charge is 2.14. The molecular formula is C12H15BrN2O2. The fraction of sp³-hybridized carbons (Fsp3) is 0.333. The molecule has 1 atom stereocenters. The van der Waals surface area contributed by atoms with E-state index in [1.54, 1.807) is 6.07 Å². The molecule has 0 spiro atoms. The molecule has 0 aromatic heterocycles. The van der Waals surface area contributed by atoms with Crippen LogP contribution in [0, 0.1) is 10.1 Å². The van der Waals surface area contributed by atoms with Crippen molar-refractivity contribution in [3.8, 4) is 0 Å². The number of hydrogen-bond donors (Lipinski definition) is 1. The number of nitrogens with one attached hydrogen (secondary N) is 1. The Bertz CT molecular complexity index is 421. The lowest BCUT2D eigenvalue weighted by molar-refractivity contribution is -0.385. The summed E-state index contributed by atoms with van der Waals surface area (Å²) in [6.45, 7) is 6.32. The van der Waals surface area contributed by atoms with Gasteiger partial charge in [0.25, 0.3) is 5.69 Å². The zero-order chi connectivity index (χ0) is 12.8. The van der Waals surface area contributed by atoms with E-state index in [-0.39, 0.29) is 10.6 Å². The van der Waals surface area contributed by atoms with Gasteiger partial charge in [-0.25, -0.2) is 0 Å². The molecule has 5 heteroatoms. The van der Waals surface area contributed by atoms with Crippen molar-refractivity contribution in [3.05, 3.63) is 51.0 Å². The molecule has 1 aromatic carbocycles. The van der Waals surface area contributed by atoms with Crippen molar-refractivity contribution < 1.29 is 4.92 Å². The Morgan fingerprint density at radius 2 is 2.35 bits per heavy atom. The third kappa shape index (κ3) is 3.94. The Kier molecular flexibility index (Phi) is 5.31. The average molecular weight is 299 g/mol. The summed E-state index contributed by atoms with van der Waals surface area (Å²) in [5.74, 6) is 0. The first-order valence-electron chi connectivity index (χ1n) is 5.32. The number of nitro groups is 1. The minimum Gasteiger partial charge on any atom is -0.310 e. The highest BCUT2D eigenvalue weighted by molar-refractivity contribution is 9.10. The monoisotopic (exact) mass is 298 g/mol. The average Bonchev–Trinajstić information content (AvgIpc) is 2.27. The van der Waals surface area contributed by atoms with E-state index in [9.17, 15) is 10.1 Å². The smallest absolute Gasteiger partial charge is 0.283 e. The van der Waals surface area contributed by atoms with Gasteiger partial charge in [-0.2, -0.15) is 0 Å². The number of halogens is 1.